The van der Waals surface area contributed by atoms with Crippen LogP contribution in [0.15, 0.2) is 30.5 Å². The fourth-order valence-electron chi connectivity index (χ4n) is 1.77. The van der Waals surface area contributed by atoms with Crippen molar-refractivity contribution in [1.29, 1.82) is 0 Å². The number of halogens is 1. The topological polar surface area (TPSA) is 37.5 Å². The molecule has 0 fully saturated rings. The molecule has 0 spiro atoms. The maximum absolute atomic E-state index is 9.44. The second-order valence-corrected chi connectivity index (χ2v) is 4.82. The minimum Gasteiger partial charge on any atom is -0.390 e. The van der Waals surface area contributed by atoms with Gasteiger partial charge in [0.1, 0.15) is 0 Å². The van der Waals surface area contributed by atoms with E-state index in [2.05, 4.69) is 10.4 Å². The predicted molar refractivity (Wildman–Crippen MR) is 68.3 cm³/mol. The van der Waals surface area contributed by atoms with E-state index >= 15 is 0 Å². The summed E-state index contributed by atoms with van der Waals surface area (Å²) < 4.78 is 1.86. The van der Waals surface area contributed by atoms with E-state index in [-0.39, 0.29) is 36.2 Å². The van der Waals surface area contributed by atoms with Crippen molar-refractivity contribution in [3.8, 4) is 11.3 Å². The van der Waals surface area contributed by atoms with Crippen molar-refractivity contribution in [2.24, 2.45) is 0 Å². The van der Waals surface area contributed by atoms with Crippen LogP contribution in [-0.2, 0) is 6.61 Å². The van der Waals surface area contributed by atoms with Gasteiger partial charge in [-0.25, -0.2) is 0 Å². The third-order valence-electron chi connectivity index (χ3n) is 2.58. The Morgan fingerprint density at radius 1 is 1.33 bits per heavy atom. The zero-order valence-electron chi connectivity index (χ0n) is 9.72. The molecule has 0 aliphatic rings. The molecule has 0 amide bonds. The predicted octanol–water partition coefficient (Wildman–Crippen LogP) is 0.0127. The molecule has 6 heteroatoms. The van der Waals surface area contributed by atoms with Gasteiger partial charge in [-0.3, -0.25) is 0 Å². The van der Waals surface area contributed by atoms with Crippen LogP contribution in [0.3, 0.4) is 0 Å². The van der Waals surface area contributed by atoms with Crippen molar-refractivity contribution >= 4 is 27.9 Å². The molecule has 0 radical (unpaired) electrons. The fraction of sp³-hybridized carbons (Fsp3) is 0.0833. The second kappa shape index (κ2) is 5.74. The molecule has 0 atom stereocenters. The molecule has 1 N–H and O–H groups in total. The van der Waals surface area contributed by atoms with Gasteiger partial charge in [0.25, 0.3) is 0 Å². The van der Waals surface area contributed by atoms with Crippen LogP contribution in [0.2, 0.25) is 5.02 Å². The third-order valence-corrected chi connectivity index (χ3v) is 3.52. The smallest absolute Gasteiger partial charge is 0.390 e. The molecular weight excluding hydrogens is 279 g/mol. The number of benzene rings is 1. The van der Waals surface area contributed by atoms with Gasteiger partial charge in [-0.2, -0.15) is 5.38 Å². The summed E-state index contributed by atoms with van der Waals surface area (Å²) in [6.45, 7) is -0.0519. The first-order chi connectivity index (χ1) is 8.29. The number of aliphatic hydroxyl groups excluding tert-OH is 1. The van der Waals surface area contributed by atoms with Crippen molar-refractivity contribution < 1.29 is 34.7 Å². The molecule has 18 heavy (non-hydrogen) atoms. The van der Waals surface area contributed by atoms with Crippen LogP contribution in [0.4, 0.5) is 0 Å². The summed E-state index contributed by atoms with van der Waals surface area (Å²) in [5.74, 6) is 0. The fourth-order valence-corrected chi connectivity index (χ4v) is 2.56. The van der Waals surface area contributed by atoms with E-state index in [4.69, 9.17) is 11.6 Å². The Morgan fingerprint density at radius 3 is 2.72 bits per heavy atom. The summed E-state index contributed by atoms with van der Waals surface area (Å²) in [6, 6.07) is 7.44. The van der Waals surface area contributed by atoms with E-state index in [1.165, 1.54) is 11.3 Å². The Morgan fingerprint density at radius 2 is 2.06 bits per heavy atom. The number of aromatic nitrogens is 2. The van der Waals surface area contributed by atoms with Crippen molar-refractivity contribution in [3.63, 3.8) is 0 Å². The van der Waals surface area contributed by atoms with Crippen LogP contribution in [0.25, 0.3) is 16.2 Å². The standard InChI is InChI=1S/C12H8ClN2OS.Na/c13-9-3-1-8(2-4-9)11-10(7-16)15-5-6-17-12(15)14-11;/h1-5,16H,7H2;/q-1;+1. The van der Waals surface area contributed by atoms with Gasteiger partial charge in [0.05, 0.1) is 18.0 Å². The van der Waals surface area contributed by atoms with Crippen LogP contribution >= 0.6 is 22.9 Å². The van der Waals surface area contributed by atoms with Crippen molar-refractivity contribution in [2.45, 2.75) is 6.61 Å². The molecule has 3 rings (SSSR count). The minimum atomic E-state index is -0.0519. The average molecular weight is 287 g/mol. The first-order valence-corrected chi connectivity index (χ1v) is 6.22. The van der Waals surface area contributed by atoms with Crippen LogP contribution in [0.1, 0.15) is 5.69 Å². The van der Waals surface area contributed by atoms with Crippen molar-refractivity contribution in [2.75, 3.05) is 0 Å². The molecule has 2 heterocycles. The summed E-state index contributed by atoms with van der Waals surface area (Å²) >= 11 is 7.28. The quantitative estimate of drug-likeness (QED) is 0.532. The van der Waals surface area contributed by atoms with Gasteiger partial charge in [0.15, 0.2) is 0 Å². The van der Waals surface area contributed by atoms with E-state index < -0.39 is 0 Å². The van der Waals surface area contributed by atoms with Gasteiger partial charge in [-0.05, 0) is 12.1 Å². The van der Waals surface area contributed by atoms with Crippen LogP contribution in [0, 0.1) is 5.38 Å². The van der Waals surface area contributed by atoms with Crippen LogP contribution in [0.5, 0.6) is 0 Å². The number of imidazole rings is 1. The number of rotatable bonds is 2. The summed E-state index contributed by atoms with van der Waals surface area (Å²) in [5.41, 5.74) is 2.53. The number of hydrogen-bond donors (Lipinski definition) is 1. The van der Waals surface area contributed by atoms with Crippen molar-refractivity contribution in [3.05, 3.63) is 46.6 Å². The molecular formula is C12H8ClN2NaOS. The van der Waals surface area contributed by atoms with Crippen LogP contribution < -0.4 is 29.6 Å². The molecule has 0 aliphatic heterocycles. The molecule has 1 aromatic carbocycles. The largest absolute Gasteiger partial charge is 1.00 e. The minimum absolute atomic E-state index is 0. The normalized spacial score (nSPS) is 10.6. The van der Waals surface area contributed by atoms with E-state index in [1.807, 2.05) is 28.7 Å². The molecule has 3 aromatic rings. The molecule has 0 saturated heterocycles. The molecule has 86 valence electrons. The number of aliphatic hydroxyl groups is 1. The van der Waals surface area contributed by atoms with Gasteiger partial charge in [0.2, 0.25) is 0 Å². The zero-order chi connectivity index (χ0) is 11.8. The van der Waals surface area contributed by atoms with Gasteiger partial charge >= 0.3 is 29.6 Å². The monoisotopic (exact) mass is 286 g/mol. The van der Waals surface area contributed by atoms with Gasteiger partial charge in [0, 0.05) is 15.5 Å². The van der Waals surface area contributed by atoms with E-state index in [0.29, 0.717) is 5.02 Å². The molecule has 2 aromatic heterocycles. The van der Waals surface area contributed by atoms with E-state index in [0.717, 1.165) is 21.9 Å². The maximum atomic E-state index is 9.44. The Bertz CT molecular complexity index is 662. The molecule has 3 nitrogen and oxygen atoms in total. The third kappa shape index (κ3) is 2.37. The average Bonchev–Trinajstić information content (AvgIpc) is 2.89. The second-order valence-electron chi connectivity index (χ2n) is 3.57. The summed E-state index contributed by atoms with van der Waals surface area (Å²) in [5, 5.41) is 13.1. The Balaban J connectivity index is 0.00000120. The first-order valence-electron chi connectivity index (χ1n) is 5.03. The molecule has 0 saturated carbocycles. The first kappa shape index (κ1) is 14.1. The van der Waals surface area contributed by atoms with Crippen molar-refractivity contribution in [1.82, 2.24) is 9.38 Å². The number of thiazole rings is 1. The Hall–Kier alpha value is -0.360. The Kier molecular flexibility index (Phi) is 4.48. The number of hydrogen-bond acceptors (Lipinski definition) is 3. The zero-order valence-corrected chi connectivity index (χ0v) is 13.3. The molecule has 0 aliphatic carbocycles. The summed E-state index contributed by atoms with van der Waals surface area (Å²) in [7, 11) is 0. The van der Waals surface area contributed by atoms with Crippen LogP contribution in [-0.4, -0.2) is 14.5 Å². The number of fused-ring (bicyclic) bond motifs is 1. The van der Waals surface area contributed by atoms with Gasteiger partial charge < -0.3 is 25.8 Å². The molecule has 0 unspecified atom stereocenters. The number of nitrogens with zero attached hydrogens (tertiary/aromatic N) is 2. The van der Waals surface area contributed by atoms with Gasteiger partial charge in [-0.1, -0.05) is 29.9 Å². The summed E-state index contributed by atoms with van der Waals surface area (Å²) in [4.78, 5) is 5.32. The Labute approximate surface area is 135 Å². The SMILES string of the molecule is OCc1c(-c2ccc(Cl)cc2)nc2s[c-]cn12.[Na+]. The van der Waals surface area contributed by atoms with Gasteiger partial charge in [-0.15, -0.1) is 0 Å². The maximum Gasteiger partial charge on any atom is 1.00 e. The van der Waals surface area contributed by atoms with E-state index in [1.54, 1.807) is 6.20 Å². The molecule has 0 bridgehead atoms. The van der Waals surface area contributed by atoms with E-state index in [9.17, 15) is 5.11 Å². The summed E-state index contributed by atoms with van der Waals surface area (Å²) in [6.07, 6.45) is 1.79.